The summed E-state index contributed by atoms with van der Waals surface area (Å²) in [5.74, 6) is 0.668. The summed E-state index contributed by atoms with van der Waals surface area (Å²) in [7, 11) is 0. The Morgan fingerprint density at radius 1 is 1.12 bits per heavy atom. The molecule has 4 aromatic rings. The van der Waals surface area contributed by atoms with E-state index in [2.05, 4.69) is 24.1 Å². The van der Waals surface area contributed by atoms with Crippen LogP contribution < -0.4 is 16.6 Å². The van der Waals surface area contributed by atoms with Crippen LogP contribution in [0.5, 0.6) is 0 Å². The Morgan fingerprint density at radius 2 is 1.88 bits per heavy atom. The summed E-state index contributed by atoms with van der Waals surface area (Å²) in [6.07, 6.45) is 0. The lowest BCUT2D eigenvalue weighted by Gasteiger charge is -2.21. The van der Waals surface area contributed by atoms with Crippen molar-refractivity contribution in [2.75, 3.05) is 5.32 Å². The predicted octanol–water partition coefficient (Wildman–Crippen LogP) is 4.87. The lowest BCUT2D eigenvalue weighted by Crippen LogP contribution is -2.28. The number of rotatable bonds is 6. The van der Waals surface area contributed by atoms with Crippen LogP contribution in [-0.4, -0.2) is 15.5 Å². The van der Waals surface area contributed by atoms with E-state index in [1.165, 1.54) is 18.3 Å². The number of thiazole rings is 1. The highest BCUT2D eigenvalue weighted by atomic mass is 32.1. The molecule has 0 aliphatic heterocycles. The molecule has 7 heteroatoms. The minimum absolute atomic E-state index is 0.0292. The Hall–Kier alpha value is -3.29. The molecule has 1 amide bonds. The van der Waals surface area contributed by atoms with Gasteiger partial charge >= 0.3 is 0 Å². The van der Waals surface area contributed by atoms with Crippen LogP contribution in [0.4, 0.5) is 5.82 Å². The second-order valence-electron chi connectivity index (χ2n) is 8.18. The van der Waals surface area contributed by atoms with Gasteiger partial charge in [-0.2, -0.15) is 0 Å². The number of amides is 1. The highest BCUT2D eigenvalue weighted by Gasteiger charge is 2.19. The molecule has 2 heterocycles. The Labute approximate surface area is 190 Å². The monoisotopic (exact) mass is 446 g/mol. The first-order valence-corrected chi connectivity index (χ1v) is 11.5. The molecule has 4 rings (SSSR count). The predicted molar refractivity (Wildman–Crippen MR) is 132 cm³/mol. The van der Waals surface area contributed by atoms with Crippen LogP contribution in [0.1, 0.15) is 26.5 Å². The van der Waals surface area contributed by atoms with Crippen molar-refractivity contribution >= 4 is 33.8 Å². The van der Waals surface area contributed by atoms with Gasteiger partial charge in [0.25, 0.3) is 5.56 Å². The number of anilines is 1. The van der Waals surface area contributed by atoms with Gasteiger partial charge in [0.15, 0.2) is 0 Å². The minimum Gasteiger partial charge on any atom is -0.325 e. The molecule has 0 aliphatic rings. The molecule has 32 heavy (non-hydrogen) atoms. The number of nitrogens with one attached hydrogen (secondary N) is 1. The van der Waals surface area contributed by atoms with Gasteiger partial charge in [0, 0.05) is 47.6 Å². The summed E-state index contributed by atoms with van der Waals surface area (Å²) in [5, 5.41) is 6.81. The SMILES string of the molecule is CC(=O)Nc1csc(-c2ccc3c(=O)n(CC(C)C)c(CN)c(-c4ccccc4)c3c2)n1. The normalized spacial score (nSPS) is 11.3. The third-order valence-electron chi connectivity index (χ3n) is 5.24. The molecule has 0 bridgehead atoms. The number of benzene rings is 2. The molecule has 164 valence electrons. The molecule has 2 aromatic heterocycles. The fourth-order valence-corrected chi connectivity index (χ4v) is 4.72. The summed E-state index contributed by atoms with van der Waals surface area (Å²) >= 11 is 1.45. The summed E-state index contributed by atoms with van der Waals surface area (Å²) in [6, 6.07) is 15.8. The summed E-state index contributed by atoms with van der Waals surface area (Å²) in [5.41, 5.74) is 9.90. The lowest BCUT2D eigenvalue weighted by molar-refractivity contribution is -0.114. The summed E-state index contributed by atoms with van der Waals surface area (Å²) in [4.78, 5) is 29.3. The number of fused-ring (bicyclic) bond motifs is 1. The van der Waals surface area contributed by atoms with E-state index in [1.54, 1.807) is 0 Å². The van der Waals surface area contributed by atoms with Crippen molar-refractivity contribution in [3.05, 3.63) is 70.0 Å². The number of hydrogen-bond donors (Lipinski definition) is 2. The number of pyridine rings is 1. The Balaban J connectivity index is 2.00. The van der Waals surface area contributed by atoms with Gasteiger partial charge in [-0.25, -0.2) is 4.98 Å². The maximum absolute atomic E-state index is 13.4. The first-order chi connectivity index (χ1) is 15.4. The largest absolute Gasteiger partial charge is 0.325 e. The summed E-state index contributed by atoms with van der Waals surface area (Å²) in [6.45, 7) is 6.51. The van der Waals surface area contributed by atoms with E-state index in [0.717, 1.165) is 32.8 Å². The number of hydrogen-bond acceptors (Lipinski definition) is 5. The van der Waals surface area contributed by atoms with E-state index in [1.807, 2.05) is 58.5 Å². The Morgan fingerprint density at radius 3 is 2.53 bits per heavy atom. The summed E-state index contributed by atoms with van der Waals surface area (Å²) < 4.78 is 1.83. The van der Waals surface area contributed by atoms with Crippen molar-refractivity contribution in [2.45, 2.75) is 33.9 Å². The van der Waals surface area contributed by atoms with Gasteiger partial charge in [-0.3, -0.25) is 9.59 Å². The molecule has 0 spiro atoms. The molecule has 0 unspecified atom stereocenters. The lowest BCUT2D eigenvalue weighted by atomic mass is 9.95. The van der Waals surface area contributed by atoms with Crippen LogP contribution in [0, 0.1) is 5.92 Å². The third kappa shape index (κ3) is 4.22. The highest BCUT2D eigenvalue weighted by Crippen LogP contribution is 2.35. The molecular formula is C25H26N4O2S. The number of aromatic nitrogens is 2. The fraction of sp³-hybridized carbons (Fsp3) is 0.240. The van der Waals surface area contributed by atoms with Gasteiger partial charge in [0.2, 0.25) is 5.91 Å². The van der Waals surface area contributed by atoms with E-state index in [9.17, 15) is 9.59 Å². The number of carbonyl (C=O) groups excluding carboxylic acids is 1. The second-order valence-corrected chi connectivity index (χ2v) is 9.04. The van der Waals surface area contributed by atoms with Crippen molar-refractivity contribution in [1.29, 1.82) is 0 Å². The van der Waals surface area contributed by atoms with Gasteiger partial charge in [-0.05, 0) is 29.0 Å². The highest BCUT2D eigenvalue weighted by molar-refractivity contribution is 7.13. The van der Waals surface area contributed by atoms with Crippen LogP contribution >= 0.6 is 11.3 Å². The van der Waals surface area contributed by atoms with Gasteiger partial charge in [-0.15, -0.1) is 11.3 Å². The van der Waals surface area contributed by atoms with Crippen molar-refractivity contribution in [3.63, 3.8) is 0 Å². The molecular weight excluding hydrogens is 420 g/mol. The molecule has 0 radical (unpaired) electrons. The van der Waals surface area contributed by atoms with E-state index < -0.39 is 0 Å². The quantitative estimate of drug-likeness (QED) is 0.442. The molecule has 2 aromatic carbocycles. The van der Waals surface area contributed by atoms with E-state index in [-0.39, 0.29) is 18.0 Å². The van der Waals surface area contributed by atoms with E-state index in [0.29, 0.717) is 23.7 Å². The standard InChI is InChI=1S/C25H26N4O2S/c1-15(2)13-29-21(12-26)23(17-7-5-4-6-8-17)20-11-18(9-10-19(20)25(29)31)24-28-22(14-32-24)27-16(3)30/h4-11,14-15H,12-13,26H2,1-3H3,(H,27,30). The first kappa shape index (κ1) is 21.9. The molecule has 0 saturated carbocycles. The molecule has 0 aliphatic carbocycles. The van der Waals surface area contributed by atoms with Crippen LogP contribution in [0.25, 0.3) is 32.5 Å². The number of nitrogens with two attached hydrogens (primary N) is 1. The van der Waals surface area contributed by atoms with Crippen molar-refractivity contribution in [1.82, 2.24) is 9.55 Å². The average molecular weight is 447 g/mol. The fourth-order valence-electron chi connectivity index (χ4n) is 3.97. The number of carbonyl (C=O) groups is 1. The first-order valence-electron chi connectivity index (χ1n) is 10.6. The third-order valence-corrected chi connectivity index (χ3v) is 6.13. The van der Waals surface area contributed by atoms with Crippen LogP contribution in [-0.2, 0) is 17.9 Å². The average Bonchev–Trinajstić information content (AvgIpc) is 3.23. The zero-order valence-electron chi connectivity index (χ0n) is 18.4. The zero-order valence-corrected chi connectivity index (χ0v) is 19.2. The van der Waals surface area contributed by atoms with Crippen LogP contribution in [0.3, 0.4) is 0 Å². The molecule has 3 N–H and O–H groups in total. The second kappa shape index (κ2) is 9.06. The minimum atomic E-state index is -0.162. The van der Waals surface area contributed by atoms with Crippen molar-refractivity contribution in [2.24, 2.45) is 11.7 Å². The maximum Gasteiger partial charge on any atom is 0.258 e. The smallest absolute Gasteiger partial charge is 0.258 e. The molecule has 0 saturated heterocycles. The topological polar surface area (TPSA) is 90.0 Å². The van der Waals surface area contributed by atoms with Crippen molar-refractivity contribution < 1.29 is 4.79 Å². The van der Waals surface area contributed by atoms with Gasteiger partial charge in [0.1, 0.15) is 10.8 Å². The van der Waals surface area contributed by atoms with Crippen LogP contribution in [0.2, 0.25) is 0 Å². The van der Waals surface area contributed by atoms with E-state index in [4.69, 9.17) is 5.73 Å². The molecule has 0 atom stereocenters. The van der Waals surface area contributed by atoms with Gasteiger partial charge < -0.3 is 15.6 Å². The molecule has 6 nitrogen and oxygen atoms in total. The Kier molecular flexibility index (Phi) is 6.21. The zero-order chi connectivity index (χ0) is 22.8. The van der Waals surface area contributed by atoms with Gasteiger partial charge in [-0.1, -0.05) is 50.2 Å². The van der Waals surface area contributed by atoms with E-state index >= 15 is 0 Å². The number of nitrogens with zero attached hydrogens (tertiary/aromatic N) is 2. The molecule has 0 fully saturated rings. The maximum atomic E-state index is 13.4. The van der Waals surface area contributed by atoms with Crippen molar-refractivity contribution in [3.8, 4) is 21.7 Å². The Bertz CT molecular complexity index is 1340. The van der Waals surface area contributed by atoms with Crippen LogP contribution in [0.15, 0.2) is 58.7 Å². The van der Waals surface area contributed by atoms with Gasteiger partial charge in [0.05, 0.1) is 0 Å².